The Kier molecular flexibility index (Phi) is 4.54. The lowest BCUT2D eigenvalue weighted by atomic mass is 10.2. The molecule has 2 aromatic carbocycles. The van der Waals surface area contributed by atoms with Crippen molar-refractivity contribution in [1.82, 2.24) is 4.98 Å². The van der Waals surface area contributed by atoms with Crippen LogP contribution >= 0.6 is 27.5 Å². The van der Waals surface area contributed by atoms with Crippen molar-refractivity contribution in [1.29, 1.82) is 0 Å². The number of halogens is 2. The normalized spacial score (nSPS) is 14.4. The summed E-state index contributed by atoms with van der Waals surface area (Å²) in [5.74, 6) is 0.417. The van der Waals surface area contributed by atoms with E-state index in [1.165, 1.54) is 12.1 Å². The molecule has 0 saturated heterocycles. The van der Waals surface area contributed by atoms with Gasteiger partial charge in [0, 0.05) is 21.1 Å². The maximum atomic E-state index is 13.1. The number of aromatic nitrogens is 1. The minimum absolute atomic E-state index is 0.100. The van der Waals surface area contributed by atoms with Crippen LogP contribution in [-0.2, 0) is 9.84 Å². The van der Waals surface area contributed by atoms with Crippen molar-refractivity contribution >= 4 is 43.3 Å². The monoisotopic (exact) mass is 452 g/mol. The second-order valence-electron chi connectivity index (χ2n) is 6.04. The van der Waals surface area contributed by atoms with Gasteiger partial charge in [0.25, 0.3) is 0 Å². The molecule has 0 aliphatic heterocycles. The summed E-state index contributed by atoms with van der Waals surface area (Å²) in [6, 6.07) is 13.6. The summed E-state index contributed by atoms with van der Waals surface area (Å²) in [5, 5.41) is 3.61. The Hall–Kier alpha value is -1.83. The molecule has 1 fully saturated rings. The summed E-state index contributed by atoms with van der Waals surface area (Å²) in [6.45, 7) is 0. The molecule has 26 heavy (non-hydrogen) atoms. The highest BCUT2D eigenvalue weighted by molar-refractivity contribution is 9.10. The van der Waals surface area contributed by atoms with Crippen molar-refractivity contribution in [2.75, 3.05) is 5.32 Å². The summed E-state index contributed by atoms with van der Waals surface area (Å²) in [4.78, 5) is 4.45. The highest BCUT2D eigenvalue weighted by Gasteiger charge is 2.32. The first-order valence-electron chi connectivity index (χ1n) is 7.97. The van der Waals surface area contributed by atoms with Crippen molar-refractivity contribution < 1.29 is 12.8 Å². The zero-order valence-electron chi connectivity index (χ0n) is 13.4. The molecule has 134 valence electrons. The third kappa shape index (κ3) is 3.51. The molecular weight excluding hydrogens is 440 g/mol. The van der Waals surface area contributed by atoms with Gasteiger partial charge in [-0.25, -0.2) is 8.42 Å². The van der Waals surface area contributed by atoms with Crippen LogP contribution in [0, 0.1) is 0 Å². The molecule has 1 aromatic heterocycles. The van der Waals surface area contributed by atoms with E-state index in [4.69, 9.17) is 16.0 Å². The SMILES string of the molecule is O=S(=O)(c1ccc(Br)cc1)c1nc(-c2ccc(Cl)cc2)oc1NC1CC1. The Labute approximate surface area is 164 Å². The Balaban J connectivity index is 1.80. The second kappa shape index (κ2) is 6.72. The topological polar surface area (TPSA) is 72.2 Å². The van der Waals surface area contributed by atoms with Gasteiger partial charge in [0.05, 0.1) is 4.90 Å². The fraction of sp³-hybridized carbons (Fsp3) is 0.167. The van der Waals surface area contributed by atoms with Crippen molar-refractivity contribution in [3.8, 4) is 11.5 Å². The van der Waals surface area contributed by atoms with Crippen molar-refractivity contribution in [2.24, 2.45) is 0 Å². The van der Waals surface area contributed by atoms with Crippen LogP contribution in [-0.4, -0.2) is 19.4 Å². The van der Waals surface area contributed by atoms with Crippen molar-refractivity contribution in [3.63, 3.8) is 0 Å². The number of sulfone groups is 1. The fourth-order valence-electron chi connectivity index (χ4n) is 2.43. The predicted octanol–water partition coefficient (Wildman–Crippen LogP) is 5.16. The first-order valence-corrected chi connectivity index (χ1v) is 10.6. The van der Waals surface area contributed by atoms with Gasteiger partial charge in [-0.05, 0) is 61.4 Å². The van der Waals surface area contributed by atoms with Crippen LogP contribution in [0.1, 0.15) is 12.8 Å². The average molecular weight is 454 g/mol. The Morgan fingerprint density at radius 2 is 1.73 bits per heavy atom. The molecule has 0 atom stereocenters. The van der Waals surface area contributed by atoms with E-state index < -0.39 is 9.84 Å². The highest BCUT2D eigenvalue weighted by Crippen LogP contribution is 2.35. The largest absolute Gasteiger partial charge is 0.419 e. The maximum Gasteiger partial charge on any atom is 0.234 e. The van der Waals surface area contributed by atoms with Crippen LogP contribution in [0.25, 0.3) is 11.5 Å². The average Bonchev–Trinajstić information content (AvgIpc) is 3.32. The predicted molar refractivity (Wildman–Crippen MR) is 103 cm³/mol. The summed E-state index contributed by atoms with van der Waals surface area (Å²) in [5.41, 5.74) is 0.658. The zero-order valence-corrected chi connectivity index (χ0v) is 16.6. The van der Waals surface area contributed by atoms with E-state index in [0.29, 0.717) is 10.6 Å². The molecule has 1 aliphatic carbocycles. The van der Waals surface area contributed by atoms with Gasteiger partial charge in [-0.3, -0.25) is 0 Å². The molecule has 1 heterocycles. The Bertz CT molecular complexity index is 1040. The molecule has 1 aliphatic rings. The molecule has 0 bridgehead atoms. The summed E-state index contributed by atoms with van der Waals surface area (Å²) >= 11 is 9.23. The van der Waals surface area contributed by atoms with Crippen LogP contribution < -0.4 is 5.32 Å². The molecule has 0 unspecified atom stereocenters. The third-order valence-electron chi connectivity index (χ3n) is 3.98. The molecule has 0 amide bonds. The second-order valence-corrected chi connectivity index (χ2v) is 9.25. The molecule has 4 rings (SSSR count). The van der Waals surface area contributed by atoms with Gasteiger partial charge in [-0.2, -0.15) is 4.98 Å². The third-order valence-corrected chi connectivity index (χ3v) is 6.44. The Morgan fingerprint density at radius 3 is 2.35 bits per heavy atom. The van der Waals surface area contributed by atoms with Gasteiger partial charge >= 0.3 is 0 Å². The van der Waals surface area contributed by atoms with E-state index in [1.54, 1.807) is 36.4 Å². The van der Waals surface area contributed by atoms with Crippen LogP contribution in [0.15, 0.2) is 67.3 Å². The lowest BCUT2D eigenvalue weighted by Gasteiger charge is -2.05. The van der Waals surface area contributed by atoms with Gasteiger partial charge in [-0.15, -0.1) is 0 Å². The molecule has 0 spiro atoms. The van der Waals surface area contributed by atoms with Gasteiger partial charge in [0.1, 0.15) is 0 Å². The van der Waals surface area contributed by atoms with Crippen LogP contribution in [0.4, 0.5) is 5.88 Å². The standard InChI is InChI=1S/C18H14BrClN2O3S/c19-12-3-9-15(10-4-12)26(23,24)18-17(21-14-7-8-14)25-16(22-18)11-1-5-13(20)6-2-11/h1-6,9-10,14,21H,7-8H2. The molecule has 0 radical (unpaired) electrons. The lowest BCUT2D eigenvalue weighted by Crippen LogP contribution is -2.08. The van der Waals surface area contributed by atoms with Gasteiger partial charge < -0.3 is 9.73 Å². The maximum absolute atomic E-state index is 13.1. The quantitative estimate of drug-likeness (QED) is 0.577. The summed E-state index contributed by atoms with van der Waals surface area (Å²) in [7, 11) is -3.81. The highest BCUT2D eigenvalue weighted by atomic mass is 79.9. The van der Waals surface area contributed by atoms with E-state index in [1.807, 2.05) is 0 Å². The number of nitrogens with one attached hydrogen (secondary N) is 1. The molecule has 8 heteroatoms. The van der Waals surface area contributed by atoms with E-state index >= 15 is 0 Å². The number of benzene rings is 2. The molecule has 1 saturated carbocycles. The van der Waals surface area contributed by atoms with E-state index in [-0.39, 0.29) is 27.7 Å². The zero-order chi connectivity index (χ0) is 18.3. The number of hydrogen-bond donors (Lipinski definition) is 1. The number of anilines is 1. The van der Waals surface area contributed by atoms with Crippen molar-refractivity contribution in [3.05, 3.63) is 58.0 Å². The number of hydrogen-bond acceptors (Lipinski definition) is 5. The van der Waals surface area contributed by atoms with E-state index in [2.05, 4.69) is 26.2 Å². The summed E-state index contributed by atoms with van der Waals surface area (Å²) < 4.78 is 32.7. The lowest BCUT2D eigenvalue weighted by molar-refractivity contribution is 0.576. The molecule has 5 nitrogen and oxygen atoms in total. The molecular formula is C18H14BrClN2O3S. The number of oxazole rings is 1. The van der Waals surface area contributed by atoms with Crippen LogP contribution in [0.3, 0.4) is 0 Å². The van der Waals surface area contributed by atoms with Gasteiger partial charge in [-0.1, -0.05) is 27.5 Å². The summed E-state index contributed by atoms with van der Waals surface area (Å²) in [6.07, 6.45) is 1.96. The van der Waals surface area contributed by atoms with Gasteiger partial charge in [0.2, 0.25) is 26.6 Å². The molecule has 1 N–H and O–H groups in total. The first kappa shape index (κ1) is 17.6. The van der Waals surface area contributed by atoms with Crippen molar-refractivity contribution in [2.45, 2.75) is 28.8 Å². The minimum atomic E-state index is -3.81. The van der Waals surface area contributed by atoms with Crippen LogP contribution in [0.2, 0.25) is 5.02 Å². The first-order chi connectivity index (χ1) is 12.4. The number of nitrogens with zero attached hydrogens (tertiary/aromatic N) is 1. The fourth-order valence-corrected chi connectivity index (χ4v) is 4.09. The van der Waals surface area contributed by atoms with Crippen LogP contribution in [0.5, 0.6) is 0 Å². The van der Waals surface area contributed by atoms with Gasteiger partial charge in [0.15, 0.2) is 0 Å². The number of rotatable bonds is 5. The minimum Gasteiger partial charge on any atom is -0.419 e. The smallest absolute Gasteiger partial charge is 0.234 e. The Morgan fingerprint density at radius 1 is 1.08 bits per heavy atom. The van der Waals surface area contributed by atoms with E-state index in [9.17, 15) is 8.42 Å². The van der Waals surface area contributed by atoms with E-state index in [0.717, 1.165) is 17.3 Å². The molecule has 3 aromatic rings.